The lowest BCUT2D eigenvalue weighted by atomic mass is 10.1. The van der Waals surface area contributed by atoms with Crippen LogP contribution in [-0.2, 0) is 9.53 Å². The molecule has 1 heterocycles. The first-order valence-corrected chi connectivity index (χ1v) is 8.91. The average Bonchev–Trinajstić information content (AvgIpc) is 2.95. The van der Waals surface area contributed by atoms with Crippen molar-refractivity contribution in [2.24, 2.45) is 0 Å². The largest absolute Gasteiger partial charge is 0.545 e. The minimum atomic E-state index is -1.33. The van der Waals surface area contributed by atoms with Gasteiger partial charge in [0.25, 0.3) is 5.91 Å². The number of carbonyl (C=O) groups excluding carboxylic acids is 3. The molecule has 0 spiro atoms. The first-order valence-electron chi connectivity index (χ1n) is 7.68. The van der Waals surface area contributed by atoms with Crippen LogP contribution in [0, 0.1) is 0 Å². The molecule has 0 N–H and O–H groups in total. The SMILES string of the molecule is COC(=O)c1ccc(/C=C2/SC(=S)N(c3cccc(C(=O)[O-])c3)C2=O)cc1. The summed E-state index contributed by atoms with van der Waals surface area (Å²) in [5.74, 6) is -2.12. The maximum atomic E-state index is 12.7. The van der Waals surface area contributed by atoms with Crippen LogP contribution in [-0.4, -0.2) is 29.3 Å². The Kier molecular flexibility index (Phi) is 5.38. The summed E-state index contributed by atoms with van der Waals surface area (Å²) in [6.07, 6.45) is 1.66. The molecule has 27 heavy (non-hydrogen) atoms. The summed E-state index contributed by atoms with van der Waals surface area (Å²) in [4.78, 5) is 36.9. The highest BCUT2D eigenvalue weighted by atomic mass is 32.2. The van der Waals surface area contributed by atoms with Gasteiger partial charge in [0, 0.05) is 0 Å². The molecule has 0 aliphatic carbocycles. The Morgan fingerprint density at radius 1 is 1.15 bits per heavy atom. The molecule has 8 heteroatoms. The molecular formula is C19H12NO5S2-. The Morgan fingerprint density at radius 2 is 1.85 bits per heavy atom. The van der Waals surface area contributed by atoms with Crippen molar-refractivity contribution in [2.45, 2.75) is 0 Å². The highest BCUT2D eigenvalue weighted by Gasteiger charge is 2.33. The fourth-order valence-electron chi connectivity index (χ4n) is 2.45. The number of thioether (sulfide) groups is 1. The van der Waals surface area contributed by atoms with Crippen LogP contribution in [0.1, 0.15) is 26.3 Å². The number of carbonyl (C=O) groups is 3. The van der Waals surface area contributed by atoms with Crippen LogP contribution < -0.4 is 10.0 Å². The number of nitrogens with zero attached hydrogens (tertiary/aromatic N) is 1. The van der Waals surface area contributed by atoms with Crippen LogP contribution in [0.15, 0.2) is 53.4 Å². The number of amides is 1. The molecule has 1 saturated heterocycles. The minimum absolute atomic E-state index is 0.0380. The zero-order valence-corrected chi connectivity index (χ0v) is 15.6. The highest BCUT2D eigenvalue weighted by molar-refractivity contribution is 8.27. The monoisotopic (exact) mass is 398 g/mol. The van der Waals surface area contributed by atoms with Crippen molar-refractivity contribution in [3.05, 3.63) is 70.1 Å². The number of hydrogen-bond acceptors (Lipinski definition) is 7. The van der Waals surface area contributed by atoms with E-state index in [9.17, 15) is 19.5 Å². The van der Waals surface area contributed by atoms with Gasteiger partial charge < -0.3 is 14.6 Å². The van der Waals surface area contributed by atoms with E-state index in [1.54, 1.807) is 36.4 Å². The van der Waals surface area contributed by atoms with Gasteiger partial charge in [0.15, 0.2) is 4.32 Å². The fraction of sp³-hybridized carbons (Fsp3) is 0.0526. The smallest absolute Gasteiger partial charge is 0.337 e. The molecule has 0 unspecified atom stereocenters. The third kappa shape index (κ3) is 3.91. The number of esters is 1. The van der Waals surface area contributed by atoms with Gasteiger partial charge >= 0.3 is 5.97 Å². The van der Waals surface area contributed by atoms with E-state index in [-0.39, 0.29) is 11.5 Å². The maximum absolute atomic E-state index is 12.7. The molecule has 1 aliphatic heterocycles. The predicted octanol–water partition coefficient (Wildman–Crippen LogP) is 2.24. The van der Waals surface area contributed by atoms with Crippen molar-refractivity contribution >= 4 is 57.9 Å². The summed E-state index contributed by atoms with van der Waals surface area (Å²) in [6.45, 7) is 0. The Labute approximate surface area is 164 Å². The van der Waals surface area contributed by atoms with E-state index < -0.39 is 11.9 Å². The second kappa shape index (κ2) is 7.73. The van der Waals surface area contributed by atoms with Crippen LogP contribution in [0.25, 0.3) is 6.08 Å². The molecular weight excluding hydrogens is 386 g/mol. The van der Waals surface area contributed by atoms with Gasteiger partial charge in [0.2, 0.25) is 0 Å². The molecule has 2 aromatic carbocycles. The number of anilines is 1. The number of rotatable bonds is 4. The Morgan fingerprint density at radius 3 is 2.48 bits per heavy atom. The van der Waals surface area contributed by atoms with Crippen LogP contribution in [0.5, 0.6) is 0 Å². The van der Waals surface area contributed by atoms with Crippen molar-refractivity contribution in [1.82, 2.24) is 0 Å². The molecule has 0 aromatic heterocycles. The van der Waals surface area contributed by atoms with Gasteiger partial charge in [-0.15, -0.1) is 0 Å². The normalized spacial score (nSPS) is 15.3. The Hall–Kier alpha value is -2.97. The Balaban J connectivity index is 1.87. The standard InChI is InChI=1S/C19H13NO5S2/c1-25-18(24)12-7-5-11(6-8-12)9-15-16(21)20(19(26)27-15)14-4-2-3-13(10-14)17(22)23/h2-10H,1H3,(H,22,23)/p-1/b15-9+. The van der Waals surface area contributed by atoms with Gasteiger partial charge in [0.1, 0.15) is 0 Å². The van der Waals surface area contributed by atoms with E-state index in [0.717, 1.165) is 11.8 Å². The van der Waals surface area contributed by atoms with Crippen molar-refractivity contribution in [3.8, 4) is 0 Å². The topological polar surface area (TPSA) is 86.7 Å². The van der Waals surface area contributed by atoms with E-state index in [2.05, 4.69) is 4.74 Å². The summed E-state index contributed by atoms with van der Waals surface area (Å²) in [5, 5.41) is 11.0. The summed E-state index contributed by atoms with van der Waals surface area (Å²) < 4.78 is 4.95. The van der Waals surface area contributed by atoms with Gasteiger partial charge in [-0.3, -0.25) is 9.69 Å². The van der Waals surface area contributed by atoms with E-state index in [4.69, 9.17) is 12.2 Å². The average molecular weight is 398 g/mol. The zero-order valence-electron chi connectivity index (χ0n) is 14.0. The molecule has 3 rings (SSSR count). The fourth-order valence-corrected chi connectivity index (χ4v) is 3.75. The van der Waals surface area contributed by atoms with E-state index in [1.165, 1.54) is 30.2 Å². The quantitative estimate of drug-likeness (QED) is 0.443. The predicted molar refractivity (Wildman–Crippen MR) is 104 cm³/mol. The van der Waals surface area contributed by atoms with Gasteiger partial charge in [-0.2, -0.15) is 0 Å². The summed E-state index contributed by atoms with van der Waals surface area (Å²) in [6, 6.07) is 12.4. The van der Waals surface area contributed by atoms with Crippen molar-refractivity contribution in [2.75, 3.05) is 12.0 Å². The van der Waals surface area contributed by atoms with Crippen LogP contribution in [0.3, 0.4) is 0 Å². The molecule has 2 aromatic rings. The number of aromatic carboxylic acids is 1. The van der Waals surface area contributed by atoms with Crippen LogP contribution >= 0.6 is 24.0 Å². The highest BCUT2D eigenvalue weighted by Crippen LogP contribution is 2.36. The van der Waals surface area contributed by atoms with Crippen molar-refractivity contribution in [1.29, 1.82) is 0 Å². The molecule has 1 amide bonds. The van der Waals surface area contributed by atoms with Gasteiger partial charge in [-0.05, 0) is 41.5 Å². The summed E-state index contributed by atoms with van der Waals surface area (Å²) in [7, 11) is 1.30. The lowest BCUT2D eigenvalue weighted by Crippen LogP contribution is -2.28. The molecule has 1 aliphatic rings. The second-order valence-electron chi connectivity index (χ2n) is 5.47. The third-order valence-electron chi connectivity index (χ3n) is 3.76. The molecule has 136 valence electrons. The first-order chi connectivity index (χ1) is 12.9. The molecule has 0 radical (unpaired) electrons. The number of methoxy groups -OCH3 is 1. The molecule has 0 bridgehead atoms. The van der Waals surface area contributed by atoms with Crippen LogP contribution in [0.4, 0.5) is 5.69 Å². The zero-order chi connectivity index (χ0) is 19.6. The number of carboxylic acids is 1. The third-order valence-corrected chi connectivity index (χ3v) is 5.07. The lowest BCUT2D eigenvalue weighted by molar-refractivity contribution is -0.255. The summed E-state index contributed by atoms with van der Waals surface area (Å²) in [5.41, 5.74) is 1.44. The van der Waals surface area contributed by atoms with E-state index >= 15 is 0 Å². The first kappa shape index (κ1) is 18.8. The molecule has 0 saturated carbocycles. The summed E-state index contributed by atoms with van der Waals surface area (Å²) >= 11 is 6.39. The van der Waals surface area contributed by atoms with Gasteiger partial charge in [-0.25, -0.2) is 4.79 Å². The van der Waals surface area contributed by atoms with Gasteiger partial charge in [-0.1, -0.05) is 48.2 Å². The number of thiocarbonyl (C=S) groups is 1. The Bertz CT molecular complexity index is 982. The maximum Gasteiger partial charge on any atom is 0.337 e. The lowest BCUT2D eigenvalue weighted by Gasteiger charge is -2.15. The van der Waals surface area contributed by atoms with Crippen molar-refractivity contribution < 1.29 is 24.2 Å². The molecule has 6 nitrogen and oxygen atoms in total. The van der Waals surface area contributed by atoms with Crippen molar-refractivity contribution in [3.63, 3.8) is 0 Å². The number of benzene rings is 2. The van der Waals surface area contributed by atoms with E-state index in [0.29, 0.717) is 26.0 Å². The molecule has 0 atom stereocenters. The minimum Gasteiger partial charge on any atom is -0.545 e. The van der Waals surface area contributed by atoms with Gasteiger partial charge in [0.05, 0.1) is 29.2 Å². The molecule has 1 fully saturated rings. The number of ether oxygens (including phenoxy) is 1. The van der Waals surface area contributed by atoms with E-state index in [1.807, 2.05) is 0 Å². The second-order valence-corrected chi connectivity index (χ2v) is 7.14. The van der Waals surface area contributed by atoms with Crippen LogP contribution in [0.2, 0.25) is 0 Å². The number of hydrogen-bond donors (Lipinski definition) is 0. The number of carboxylic acid groups (broad SMARTS) is 1.